The van der Waals surface area contributed by atoms with Gasteiger partial charge in [0.05, 0.1) is 0 Å². The van der Waals surface area contributed by atoms with Crippen molar-refractivity contribution in [3.8, 4) is 0 Å². The Morgan fingerprint density at radius 2 is 2.27 bits per heavy atom. The number of esters is 1. The van der Waals surface area contributed by atoms with Gasteiger partial charge in [0.1, 0.15) is 0 Å². The minimum absolute atomic E-state index is 0.201. The minimum Gasteiger partial charge on any atom is -0.435 e. The van der Waals surface area contributed by atoms with Crippen LogP contribution in [0.15, 0.2) is 18.4 Å². The van der Waals surface area contributed by atoms with Crippen LogP contribution in [-0.2, 0) is 14.3 Å². The molecule has 0 radical (unpaired) electrons. The van der Waals surface area contributed by atoms with Gasteiger partial charge in [-0.15, -0.1) is 5.73 Å². The Hall–Kier alpha value is -1.05. The predicted molar refractivity (Wildman–Crippen MR) is 59.4 cm³/mol. The van der Waals surface area contributed by atoms with Crippen LogP contribution in [0.5, 0.6) is 0 Å². The van der Waals surface area contributed by atoms with Crippen LogP contribution in [0.4, 0.5) is 0 Å². The van der Waals surface area contributed by atoms with E-state index in [1.807, 2.05) is 13.8 Å². The number of carbonyl (C=O) groups excluding carboxylic acids is 1. The Bertz CT molecular complexity index is 217. The molecule has 0 aromatic rings. The van der Waals surface area contributed by atoms with E-state index in [2.05, 4.69) is 12.3 Å². The quantitative estimate of drug-likeness (QED) is 0.352. The summed E-state index contributed by atoms with van der Waals surface area (Å²) in [6, 6.07) is 0. The van der Waals surface area contributed by atoms with Crippen molar-refractivity contribution in [2.45, 2.75) is 45.8 Å². The molecule has 0 amide bonds. The Balaban J connectivity index is 3.91. The maximum absolute atomic E-state index is 11.3. The van der Waals surface area contributed by atoms with Gasteiger partial charge in [-0.1, -0.05) is 19.9 Å². The van der Waals surface area contributed by atoms with Gasteiger partial charge in [-0.05, 0) is 19.4 Å². The lowest BCUT2D eigenvalue weighted by molar-refractivity contribution is -0.177. The van der Waals surface area contributed by atoms with Crippen molar-refractivity contribution < 1.29 is 14.3 Å². The third-order valence-corrected chi connectivity index (χ3v) is 1.80. The molecule has 1 unspecified atom stereocenters. The summed E-state index contributed by atoms with van der Waals surface area (Å²) < 4.78 is 10.4. The van der Waals surface area contributed by atoms with E-state index in [1.165, 1.54) is 0 Å². The van der Waals surface area contributed by atoms with E-state index in [0.29, 0.717) is 19.4 Å². The van der Waals surface area contributed by atoms with Gasteiger partial charge in [0, 0.05) is 19.4 Å². The van der Waals surface area contributed by atoms with Crippen LogP contribution in [0.25, 0.3) is 0 Å². The molecular weight excluding hydrogens is 192 g/mol. The zero-order valence-electron chi connectivity index (χ0n) is 9.62. The molecular formula is C12H20O3. The molecule has 3 heteroatoms. The van der Waals surface area contributed by atoms with Crippen LogP contribution >= 0.6 is 0 Å². The molecule has 15 heavy (non-hydrogen) atoms. The number of hydrogen-bond acceptors (Lipinski definition) is 3. The van der Waals surface area contributed by atoms with E-state index in [0.717, 1.165) is 12.8 Å². The van der Waals surface area contributed by atoms with E-state index in [4.69, 9.17) is 9.47 Å². The van der Waals surface area contributed by atoms with E-state index >= 15 is 0 Å². The van der Waals surface area contributed by atoms with Gasteiger partial charge in [0.2, 0.25) is 6.29 Å². The summed E-state index contributed by atoms with van der Waals surface area (Å²) >= 11 is 0. The molecule has 0 aromatic carbocycles. The van der Waals surface area contributed by atoms with Crippen LogP contribution in [0.1, 0.15) is 39.5 Å². The van der Waals surface area contributed by atoms with Crippen molar-refractivity contribution in [3.05, 3.63) is 18.4 Å². The number of rotatable bonds is 8. The molecule has 0 heterocycles. The Kier molecular flexibility index (Phi) is 8.84. The summed E-state index contributed by atoms with van der Waals surface area (Å²) in [5, 5.41) is 0. The molecule has 0 aliphatic heterocycles. The standard InChI is InChI=1S/C12H20O3/c1-4-7-9-11(13)15-12(14-6-3)10-8-5-2/h8,12H,2,4,6-7,9-10H2,1,3H3. The molecule has 0 aromatic heterocycles. The molecule has 0 bridgehead atoms. The second kappa shape index (κ2) is 9.50. The fourth-order valence-corrected chi connectivity index (χ4v) is 1.04. The molecule has 1 atom stereocenters. The summed E-state index contributed by atoms with van der Waals surface area (Å²) in [6.45, 7) is 7.87. The first kappa shape index (κ1) is 13.9. The van der Waals surface area contributed by atoms with Crippen molar-refractivity contribution in [2.75, 3.05) is 6.61 Å². The molecule has 86 valence electrons. The van der Waals surface area contributed by atoms with Gasteiger partial charge >= 0.3 is 5.97 Å². The van der Waals surface area contributed by atoms with Crippen LogP contribution in [0, 0.1) is 0 Å². The third kappa shape index (κ3) is 7.98. The lowest BCUT2D eigenvalue weighted by Crippen LogP contribution is -2.20. The maximum Gasteiger partial charge on any atom is 0.308 e. The van der Waals surface area contributed by atoms with Gasteiger partial charge in [0.15, 0.2) is 0 Å². The number of carbonyl (C=O) groups is 1. The average molecular weight is 212 g/mol. The fourth-order valence-electron chi connectivity index (χ4n) is 1.04. The van der Waals surface area contributed by atoms with Crippen LogP contribution in [-0.4, -0.2) is 18.9 Å². The van der Waals surface area contributed by atoms with Crippen molar-refractivity contribution in [1.29, 1.82) is 0 Å². The molecule has 0 rings (SSSR count). The van der Waals surface area contributed by atoms with Gasteiger partial charge in [-0.2, -0.15) is 0 Å². The molecule has 0 spiro atoms. The van der Waals surface area contributed by atoms with E-state index in [-0.39, 0.29) is 5.97 Å². The fraction of sp³-hybridized carbons (Fsp3) is 0.667. The highest BCUT2D eigenvalue weighted by Gasteiger charge is 2.12. The number of hydrogen-bond donors (Lipinski definition) is 0. The number of unbranched alkanes of at least 4 members (excludes halogenated alkanes) is 1. The summed E-state index contributed by atoms with van der Waals surface area (Å²) in [5.41, 5.74) is 2.63. The van der Waals surface area contributed by atoms with Gasteiger partial charge in [-0.25, -0.2) is 0 Å². The first-order valence-electron chi connectivity index (χ1n) is 5.39. The van der Waals surface area contributed by atoms with Gasteiger partial charge in [0.25, 0.3) is 0 Å². The summed E-state index contributed by atoms with van der Waals surface area (Å²) in [6.07, 6.45) is 4.02. The lowest BCUT2D eigenvalue weighted by Gasteiger charge is -2.15. The summed E-state index contributed by atoms with van der Waals surface area (Å²) in [5.74, 6) is -0.201. The average Bonchev–Trinajstić information content (AvgIpc) is 2.23. The molecule has 0 fully saturated rings. The molecule has 0 aliphatic rings. The van der Waals surface area contributed by atoms with Crippen LogP contribution in [0.2, 0.25) is 0 Å². The smallest absolute Gasteiger partial charge is 0.308 e. The van der Waals surface area contributed by atoms with Crippen LogP contribution in [0.3, 0.4) is 0 Å². The van der Waals surface area contributed by atoms with E-state index in [9.17, 15) is 4.79 Å². The number of ether oxygens (including phenoxy) is 2. The lowest BCUT2D eigenvalue weighted by atomic mass is 10.2. The van der Waals surface area contributed by atoms with E-state index < -0.39 is 6.29 Å². The first-order valence-corrected chi connectivity index (χ1v) is 5.39. The van der Waals surface area contributed by atoms with Crippen molar-refractivity contribution in [3.63, 3.8) is 0 Å². The normalized spacial score (nSPS) is 11.6. The largest absolute Gasteiger partial charge is 0.435 e. The molecule has 3 nitrogen and oxygen atoms in total. The third-order valence-electron chi connectivity index (χ3n) is 1.80. The monoisotopic (exact) mass is 212 g/mol. The Morgan fingerprint density at radius 1 is 1.53 bits per heavy atom. The minimum atomic E-state index is -0.492. The van der Waals surface area contributed by atoms with Crippen molar-refractivity contribution in [2.24, 2.45) is 0 Å². The molecule has 0 N–H and O–H groups in total. The highest BCUT2D eigenvalue weighted by molar-refractivity contribution is 5.69. The van der Waals surface area contributed by atoms with Crippen molar-refractivity contribution >= 4 is 5.97 Å². The zero-order chi connectivity index (χ0) is 11.5. The highest BCUT2D eigenvalue weighted by Crippen LogP contribution is 2.05. The van der Waals surface area contributed by atoms with Crippen LogP contribution < -0.4 is 0 Å². The van der Waals surface area contributed by atoms with E-state index in [1.54, 1.807) is 6.08 Å². The van der Waals surface area contributed by atoms with Gasteiger partial charge in [-0.3, -0.25) is 4.79 Å². The topological polar surface area (TPSA) is 35.5 Å². The SMILES string of the molecule is C=C=CCC(OCC)OC(=O)CCCC. The molecule has 0 saturated heterocycles. The zero-order valence-corrected chi connectivity index (χ0v) is 9.62. The molecule has 0 aliphatic carbocycles. The highest BCUT2D eigenvalue weighted by atomic mass is 16.7. The summed E-state index contributed by atoms with van der Waals surface area (Å²) in [7, 11) is 0. The first-order chi connectivity index (χ1) is 7.24. The van der Waals surface area contributed by atoms with Crippen molar-refractivity contribution in [1.82, 2.24) is 0 Å². The maximum atomic E-state index is 11.3. The Labute approximate surface area is 91.8 Å². The molecule has 0 saturated carbocycles. The summed E-state index contributed by atoms with van der Waals surface area (Å²) in [4.78, 5) is 11.3. The second-order valence-electron chi connectivity index (χ2n) is 3.12. The Morgan fingerprint density at radius 3 is 2.80 bits per heavy atom. The second-order valence-corrected chi connectivity index (χ2v) is 3.12. The van der Waals surface area contributed by atoms with Gasteiger partial charge < -0.3 is 9.47 Å². The predicted octanol–water partition coefficient (Wildman–Crippen LogP) is 2.81.